The Morgan fingerprint density at radius 2 is 2.04 bits per heavy atom. The minimum Gasteiger partial charge on any atom is -0.371 e. The van der Waals surface area contributed by atoms with E-state index in [4.69, 9.17) is 0 Å². The van der Waals surface area contributed by atoms with Crippen molar-refractivity contribution < 1.29 is 4.79 Å². The number of hydrogen-bond donors (Lipinski definition) is 2. The summed E-state index contributed by atoms with van der Waals surface area (Å²) in [6, 6.07) is 10.2. The number of piperidine rings is 1. The zero-order chi connectivity index (χ0) is 19.4. The van der Waals surface area contributed by atoms with Crippen molar-refractivity contribution in [2.45, 2.75) is 50.1 Å². The van der Waals surface area contributed by atoms with Gasteiger partial charge in [0.05, 0.1) is 5.25 Å². The van der Waals surface area contributed by atoms with Crippen molar-refractivity contribution in [1.29, 1.82) is 0 Å². The highest BCUT2D eigenvalue weighted by Gasteiger charge is 2.24. The first-order valence-electron chi connectivity index (χ1n) is 9.27. The Kier molecular flexibility index (Phi) is 6.21. The quantitative estimate of drug-likeness (QED) is 0.610. The average Bonchev–Trinajstić information content (AvgIpc) is 2.61. The van der Waals surface area contributed by atoms with Crippen LogP contribution in [-0.4, -0.2) is 40.3 Å². The van der Waals surface area contributed by atoms with Crippen LogP contribution in [0.2, 0.25) is 0 Å². The van der Waals surface area contributed by atoms with Crippen LogP contribution in [0.3, 0.4) is 0 Å². The first-order valence-corrected chi connectivity index (χ1v) is 10.2. The monoisotopic (exact) mass is 386 g/mol. The van der Waals surface area contributed by atoms with E-state index < -0.39 is 0 Å². The zero-order valence-electron chi connectivity index (χ0n) is 16.0. The Hall–Kier alpha value is -2.28. The maximum absolute atomic E-state index is 12.5. The van der Waals surface area contributed by atoms with Crippen molar-refractivity contribution in [3.63, 3.8) is 0 Å². The molecule has 0 bridgehead atoms. The maximum atomic E-state index is 12.5. The SMILES string of the molecule is Cc1cccc(N2CCC(NC(=O)C(C)Sc3nc(C)cc(=O)[nH]3)CC2)c1. The number of thioether (sulfide) groups is 1. The number of aryl methyl sites for hydroxylation is 2. The van der Waals surface area contributed by atoms with Crippen LogP contribution in [0.4, 0.5) is 5.69 Å². The molecule has 1 fully saturated rings. The van der Waals surface area contributed by atoms with Gasteiger partial charge >= 0.3 is 0 Å². The highest BCUT2D eigenvalue weighted by molar-refractivity contribution is 8.00. The van der Waals surface area contributed by atoms with E-state index in [1.54, 1.807) is 6.92 Å². The number of rotatable bonds is 5. The summed E-state index contributed by atoms with van der Waals surface area (Å²) in [6.07, 6.45) is 1.85. The van der Waals surface area contributed by atoms with Crippen molar-refractivity contribution in [3.8, 4) is 0 Å². The predicted octanol–water partition coefficient (Wildman–Crippen LogP) is 2.65. The second-order valence-corrected chi connectivity index (χ2v) is 8.39. The molecule has 144 valence electrons. The summed E-state index contributed by atoms with van der Waals surface area (Å²) in [7, 11) is 0. The fourth-order valence-corrected chi connectivity index (χ4v) is 4.12. The van der Waals surface area contributed by atoms with Crippen molar-refractivity contribution >= 4 is 23.4 Å². The number of nitrogens with zero attached hydrogens (tertiary/aromatic N) is 2. The number of anilines is 1. The number of H-pyrrole nitrogens is 1. The van der Waals surface area contributed by atoms with Crippen LogP contribution >= 0.6 is 11.8 Å². The number of hydrogen-bond acceptors (Lipinski definition) is 5. The Bertz CT molecular complexity index is 859. The van der Waals surface area contributed by atoms with E-state index in [0.29, 0.717) is 10.9 Å². The molecular formula is C20H26N4O2S. The summed E-state index contributed by atoms with van der Waals surface area (Å²) in [4.78, 5) is 33.4. The third-order valence-electron chi connectivity index (χ3n) is 4.71. The molecule has 0 radical (unpaired) electrons. The molecule has 27 heavy (non-hydrogen) atoms. The number of amides is 1. The Balaban J connectivity index is 1.50. The molecule has 2 N–H and O–H groups in total. The Labute approximate surface area is 163 Å². The number of carbonyl (C=O) groups is 1. The van der Waals surface area contributed by atoms with Gasteiger partial charge in [0.1, 0.15) is 0 Å². The molecule has 7 heteroatoms. The van der Waals surface area contributed by atoms with Crippen molar-refractivity contribution in [1.82, 2.24) is 15.3 Å². The smallest absolute Gasteiger partial charge is 0.251 e. The molecule has 2 heterocycles. The minimum atomic E-state index is -0.315. The van der Waals surface area contributed by atoms with E-state index in [1.165, 1.54) is 29.1 Å². The van der Waals surface area contributed by atoms with Gasteiger partial charge in [0, 0.05) is 36.6 Å². The summed E-state index contributed by atoms with van der Waals surface area (Å²) in [5.74, 6) is -0.0156. The summed E-state index contributed by atoms with van der Waals surface area (Å²) >= 11 is 1.28. The molecule has 1 aromatic heterocycles. The summed E-state index contributed by atoms with van der Waals surface area (Å²) in [5, 5.41) is 3.31. The van der Waals surface area contributed by atoms with Gasteiger partial charge in [-0.2, -0.15) is 0 Å². The number of aromatic nitrogens is 2. The molecule has 1 amide bonds. The van der Waals surface area contributed by atoms with Gasteiger partial charge in [0.2, 0.25) is 5.91 Å². The molecule has 0 spiro atoms. The topological polar surface area (TPSA) is 78.1 Å². The lowest BCUT2D eigenvalue weighted by Crippen LogP contribution is -2.46. The molecule has 6 nitrogen and oxygen atoms in total. The van der Waals surface area contributed by atoms with Gasteiger partial charge in [0.15, 0.2) is 5.16 Å². The highest BCUT2D eigenvalue weighted by Crippen LogP contribution is 2.22. The van der Waals surface area contributed by atoms with Crippen molar-refractivity contribution in [2.24, 2.45) is 0 Å². The van der Waals surface area contributed by atoms with Gasteiger partial charge in [-0.05, 0) is 51.3 Å². The molecule has 1 saturated heterocycles. The molecule has 1 aliphatic heterocycles. The van der Waals surface area contributed by atoms with Crippen molar-refractivity contribution in [3.05, 3.63) is 51.9 Å². The fraction of sp³-hybridized carbons (Fsp3) is 0.450. The van der Waals surface area contributed by atoms with Crippen LogP contribution in [0.5, 0.6) is 0 Å². The van der Waals surface area contributed by atoms with E-state index in [0.717, 1.165) is 25.9 Å². The molecule has 0 saturated carbocycles. The minimum absolute atomic E-state index is 0.0156. The lowest BCUT2D eigenvalue weighted by molar-refractivity contribution is -0.121. The van der Waals surface area contributed by atoms with Gasteiger partial charge in [-0.1, -0.05) is 23.9 Å². The lowest BCUT2D eigenvalue weighted by atomic mass is 10.0. The second kappa shape index (κ2) is 8.61. The van der Waals surface area contributed by atoms with Crippen LogP contribution in [-0.2, 0) is 4.79 Å². The van der Waals surface area contributed by atoms with Gasteiger partial charge < -0.3 is 15.2 Å². The molecule has 3 rings (SSSR count). The van der Waals surface area contributed by atoms with Crippen LogP contribution in [0.15, 0.2) is 40.3 Å². The molecule has 1 atom stereocenters. The molecule has 2 aromatic rings. The number of carbonyl (C=O) groups excluding carboxylic acids is 1. The highest BCUT2D eigenvalue weighted by atomic mass is 32.2. The number of aromatic amines is 1. The molecule has 1 aliphatic rings. The molecule has 0 aliphatic carbocycles. The third-order valence-corrected chi connectivity index (χ3v) is 5.70. The van der Waals surface area contributed by atoms with Gasteiger partial charge in [-0.3, -0.25) is 9.59 Å². The summed E-state index contributed by atoms with van der Waals surface area (Å²) in [5.41, 5.74) is 2.97. The molecular weight excluding hydrogens is 360 g/mol. The summed E-state index contributed by atoms with van der Waals surface area (Å²) in [6.45, 7) is 7.58. The van der Waals surface area contributed by atoms with E-state index in [2.05, 4.69) is 51.4 Å². The second-order valence-electron chi connectivity index (χ2n) is 7.06. The van der Waals surface area contributed by atoms with Crippen LogP contribution < -0.4 is 15.8 Å². The first kappa shape index (κ1) is 19.5. The normalized spacial score (nSPS) is 16.2. The van der Waals surface area contributed by atoms with E-state index >= 15 is 0 Å². The van der Waals surface area contributed by atoms with Crippen LogP contribution in [0.25, 0.3) is 0 Å². The Morgan fingerprint density at radius 1 is 1.30 bits per heavy atom. The fourth-order valence-electron chi connectivity index (χ4n) is 3.25. The molecule has 1 aromatic carbocycles. The standard InChI is InChI=1S/C20H26N4O2S/c1-13-5-4-6-17(11-13)24-9-7-16(8-10-24)22-19(26)15(3)27-20-21-14(2)12-18(25)23-20/h4-6,11-12,15-16H,7-10H2,1-3H3,(H,22,26)(H,21,23,25). The van der Waals surface area contributed by atoms with Gasteiger partial charge in [-0.25, -0.2) is 4.98 Å². The van der Waals surface area contributed by atoms with Crippen LogP contribution in [0.1, 0.15) is 31.0 Å². The van der Waals surface area contributed by atoms with Gasteiger partial charge in [0.25, 0.3) is 5.56 Å². The van der Waals surface area contributed by atoms with E-state index in [1.807, 2.05) is 6.92 Å². The Morgan fingerprint density at radius 3 is 2.70 bits per heavy atom. The van der Waals surface area contributed by atoms with E-state index in [9.17, 15) is 9.59 Å². The summed E-state index contributed by atoms with van der Waals surface area (Å²) < 4.78 is 0. The van der Waals surface area contributed by atoms with E-state index in [-0.39, 0.29) is 22.8 Å². The maximum Gasteiger partial charge on any atom is 0.251 e. The predicted molar refractivity (Wildman–Crippen MR) is 109 cm³/mol. The average molecular weight is 387 g/mol. The number of benzene rings is 1. The van der Waals surface area contributed by atoms with Gasteiger partial charge in [-0.15, -0.1) is 0 Å². The number of nitrogens with one attached hydrogen (secondary N) is 2. The largest absolute Gasteiger partial charge is 0.371 e. The first-order chi connectivity index (χ1) is 12.9. The van der Waals surface area contributed by atoms with Crippen LogP contribution in [0, 0.1) is 13.8 Å². The molecule has 1 unspecified atom stereocenters. The third kappa shape index (κ3) is 5.35. The lowest BCUT2D eigenvalue weighted by Gasteiger charge is -2.34. The van der Waals surface area contributed by atoms with Crippen molar-refractivity contribution in [2.75, 3.05) is 18.0 Å². The zero-order valence-corrected chi connectivity index (χ0v) is 16.8.